The summed E-state index contributed by atoms with van der Waals surface area (Å²) in [5.74, 6) is 2.41. The molecule has 2 atom stereocenters. The molecule has 0 saturated heterocycles. The van der Waals surface area contributed by atoms with Gasteiger partial charge in [-0.2, -0.15) is 5.26 Å². The van der Waals surface area contributed by atoms with E-state index in [0.717, 1.165) is 18.2 Å². The molecule has 188 valence electrons. The molecule has 3 nitrogen and oxygen atoms in total. The molecule has 2 aromatic carbocycles. The van der Waals surface area contributed by atoms with E-state index in [1.807, 2.05) is 6.92 Å². The minimum Gasteiger partial charge on any atom is -0.241 e. The van der Waals surface area contributed by atoms with Gasteiger partial charge in [-0.25, -0.2) is 9.97 Å². The topological polar surface area (TPSA) is 49.6 Å². The van der Waals surface area contributed by atoms with Crippen LogP contribution in [0.5, 0.6) is 0 Å². The average Bonchev–Trinajstić information content (AvgIpc) is 2.94. The molecule has 0 radical (unpaired) electrons. The van der Waals surface area contributed by atoms with Gasteiger partial charge in [0.2, 0.25) is 0 Å². The lowest BCUT2D eigenvalue weighted by atomic mass is 9.76. The maximum absolute atomic E-state index is 9.67. The maximum atomic E-state index is 9.67. The molecule has 0 aliphatic heterocycles. The summed E-state index contributed by atoms with van der Waals surface area (Å²) in [5.41, 5.74) is 3.77. The van der Waals surface area contributed by atoms with E-state index in [1.165, 1.54) is 68.1 Å². The van der Waals surface area contributed by atoms with Crippen LogP contribution in [0.25, 0.3) is 0 Å². The second-order valence-electron chi connectivity index (χ2n) is 10.8. The first-order chi connectivity index (χ1) is 17.7. The smallest absolute Gasteiger partial charge is 0.132 e. The zero-order valence-corrected chi connectivity index (χ0v) is 22.0. The Morgan fingerprint density at radius 2 is 1.44 bits per heavy atom. The van der Waals surface area contributed by atoms with Crippen LogP contribution >= 0.6 is 0 Å². The van der Waals surface area contributed by atoms with E-state index in [2.05, 4.69) is 86.1 Å². The van der Waals surface area contributed by atoms with Gasteiger partial charge < -0.3 is 0 Å². The van der Waals surface area contributed by atoms with E-state index >= 15 is 0 Å². The monoisotopic (exact) mass is 479 g/mol. The number of unbranched alkanes of at least 4 members (excludes halogenated alkanes) is 2. The predicted molar refractivity (Wildman–Crippen MR) is 148 cm³/mol. The number of nitriles is 1. The lowest BCUT2D eigenvalue weighted by Crippen LogP contribution is -2.19. The molecule has 3 heteroatoms. The highest BCUT2D eigenvalue weighted by molar-refractivity contribution is 5.36. The van der Waals surface area contributed by atoms with Crippen molar-refractivity contribution in [3.63, 3.8) is 0 Å². The summed E-state index contributed by atoms with van der Waals surface area (Å²) in [6.07, 6.45) is 15.5. The van der Waals surface area contributed by atoms with Gasteiger partial charge in [-0.15, -0.1) is 0 Å². The first-order valence-corrected chi connectivity index (χ1v) is 14.0. The predicted octanol–water partition coefficient (Wildman–Crippen LogP) is 8.80. The molecule has 1 saturated carbocycles. The Bertz CT molecular complexity index is 1020. The molecule has 36 heavy (non-hydrogen) atoms. The Balaban J connectivity index is 1.56. The highest BCUT2D eigenvalue weighted by atomic mass is 14.9. The lowest BCUT2D eigenvalue weighted by molar-refractivity contribution is 0.302. The van der Waals surface area contributed by atoms with Crippen LogP contribution in [0, 0.1) is 23.2 Å². The highest BCUT2D eigenvalue weighted by Gasteiger charge is 2.31. The normalized spacial score (nSPS) is 19.5. The van der Waals surface area contributed by atoms with Crippen molar-refractivity contribution >= 4 is 0 Å². The van der Waals surface area contributed by atoms with Crippen molar-refractivity contribution in [2.45, 2.75) is 89.4 Å². The van der Waals surface area contributed by atoms with E-state index in [-0.39, 0.29) is 17.8 Å². The van der Waals surface area contributed by atoms with Gasteiger partial charge in [-0.3, -0.25) is 0 Å². The molecular weight excluding hydrogens is 438 g/mol. The van der Waals surface area contributed by atoms with Crippen LogP contribution in [0.15, 0.2) is 73.1 Å². The quantitative estimate of drug-likeness (QED) is 0.258. The number of benzene rings is 2. The molecule has 1 fully saturated rings. The standard InChI is InChI=1S/C33H41N3/c1-3-4-7-12-26-17-19-27(20-18-26)30-23-35-33(36-24-30)31(21-25(2)22-34)32(28-13-8-5-9-14-28)29-15-10-6-11-16-29/h5-6,8-11,13-16,23-27,31-32H,3-4,7,12,17-21H2,1-2H3. The van der Waals surface area contributed by atoms with Crippen molar-refractivity contribution in [1.29, 1.82) is 5.26 Å². The molecule has 0 N–H and O–H groups in total. The van der Waals surface area contributed by atoms with Crippen LogP contribution in [0.2, 0.25) is 0 Å². The second-order valence-corrected chi connectivity index (χ2v) is 10.8. The van der Waals surface area contributed by atoms with Crippen LogP contribution in [0.4, 0.5) is 0 Å². The van der Waals surface area contributed by atoms with Gasteiger partial charge in [-0.1, -0.05) is 93.3 Å². The summed E-state index contributed by atoms with van der Waals surface area (Å²) < 4.78 is 0. The van der Waals surface area contributed by atoms with Crippen LogP contribution < -0.4 is 0 Å². The van der Waals surface area contributed by atoms with Gasteiger partial charge in [0, 0.05) is 30.1 Å². The molecule has 1 aliphatic carbocycles. The van der Waals surface area contributed by atoms with Gasteiger partial charge in [0.25, 0.3) is 0 Å². The number of nitrogens with zero attached hydrogens (tertiary/aromatic N) is 3. The molecule has 4 rings (SSSR count). The van der Waals surface area contributed by atoms with Gasteiger partial charge in [-0.05, 0) is 67.6 Å². The first kappa shape index (κ1) is 26.1. The Morgan fingerprint density at radius 1 is 0.861 bits per heavy atom. The van der Waals surface area contributed by atoms with Crippen molar-refractivity contribution in [3.8, 4) is 6.07 Å². The molecule has 0 bridgehead atoms. The van der Waals surface area contributed by atoms with Crippen LogP contribution in [-0.2, 0) is 0 Å². The van der Waals surface area contributed by atoms with E-state index in [9.17, 15) is 5.26 Å². The highest BCUT2D eigenvalue weighted by Crippen LogP contribution is 2.42. The van der Waals surface area contributed by atoms with Crippen molar-refractivity contribution in [3.05, 3.63) is 95.6 Å². The van der Waals surface area contributed by atoms with Crippen molar-refractivity contribution < 1.29 is 0 Å². The summed E-state index contributed by atoms with van der Waals surface area (Å²) in [5, 5.41) is 9.67. The van der Waals surface area contributed by atoms with E-state index in [0.29, 0.717) is 5.92 Å². The lowest BCUT2D eigenvalue weighted by Gasteiger charge is -2.30. The second kappa shape index (κ2) is 13.4. The van der Waals surface area contributed by atoms with Crippen LogP contribution in [0.3, 0.4) is 0 Å². The first-order valence-electron chi connectivity index (χ1n) is 14.0. The molecule has 0 amide bonds. The summed E-state index contributed by atoms with van der Waals surface area (Å²) >= 11 is 0. The van der Waals surface area contributed by atoms with Gasteiger partial charge in [0.15, 0.2) is 0 Å². The summed E-state index contributed by atoms with van der Waals surface area (Å²) in [7, 11) is 0. The Hall–Kier alpha value is -2.99. The molecule has 2 unspecified atom stereocenters. The maximum Gasteiger partial charge on any atom is 0.132 e. The third-order valence-corrected chi connectivity index (χ3v) is 8.11. The van der Waals surface area contributed by atoms with E-state index in [1.54, 1.807) is 0 Å². The molecule has 0 spiro atoms. The van der Waals surface area contributed by atoms with Crippen molar-refractivity contribution in [2.75, 3.05) is 0 Å². The molecular formula is C33H41N3. The third kappa shape index (κ3) is 6.82. The van der Waals surface area contributed by atoms with Gasteiger partial charge in [0.1, 0.15) is 5.82 Å². The largest absolute Gasteiger partial charge is 0.241 e. The SMILES string of the molecule is CCCCCC1CCC(c2cnc(C(CC(C)C#N)C(c3ccccc3)c3ccccc3)nc2)CC1. The van der Waals surface area contributed by atoms with E-state index < -0.39 is 0 Å². The molecule has 3 aromatic rings. The fraction of sp³-hybridized carbons (Fsp3) is 0.485. The molecule has 1 aromatic heterocycles. The van der Waals surface area contributed by atoms with E-state index in [4.69, 9.17) is 9.97 Å². The summed E-state index contributed by atoms with van der Waals surface area (Å²) in [6, 6.07) is 23.7. The summed E-state index contributed by atoms with van der Waals surface area (Å²) in [6.45, 7) is 4.29. The minimum absolute atomic E-state index is 0.0350. The van der Waals surface area contributed by atoms with Crippen LogP contribution in [-0.4, -0.2) is 9.97 Å². The third-order valence-electron chi connectivity index (χ3n) is 8.11. The Kier molecular flexibility index (Phi) is 9.68. The number of aromatic nitrogens is 2. The number of rotatable bonds is 11. The number of hydrogen-bond donors (Lipinski definition) is 0. The fourth-order valence-electron chi connectivity index (χ4n) is 6.02. The number of hydrogen-bond acceptors (Lipinski definition) is 3. The van der Waals surface area contributed by atoms with Crippen molar-refractivity contribution in [2.24, 2.45) is 11.8 Å². The fourth-order valence-corrected chi connectivity index (χ4v) is 6.02. The Morgan fingerprint density at radius 3 is 1.97 bits per heavy atom. The minimum atomic E-state index is -0.0730. The average molecular weight is 480 g/mol. The molecule has 1 aliphatic rings. The molecule has 1 heterocycles. The summed E-state index contributed by atoms with van der Waals surface area (Å²) in [4.78, 5) is 9.95. The van der Waals surface area contributed by atoms with Crippen LogP contribution in [0.1, 0.15) is 112 Å². The Labute approximate surface area is 218 Å². The van der Waals surface area contributed by atoms with Crippen molar-refractivity contribution in [1.82, 2.24) is 9.97 Å². The zero-order chi connectivity index (χ0) is 25.2. The van der Waals surface area contributed by atoms with Gasteiger partial charge >= 0.3 is 0 Å². The zero-order valence-electron chi connectivity index (χ0n) is 22.0. The van der Waals surface area contributed by atoms with Gasteiger partial charge in [0.05, 0.1) is 6.07 Å².